The van der Waals surface area contributed by atoms with Crippen LogP contribution in [0.1, 0.15) is 20.2 Å². The first-order valence-corrected chi connectivity index (χ1v) is 5.38. The maximum atomic E-state index is 13.2. The summed E-state index contributed by atoms with van der Waals surface area (Å²) in [6.07, 6.45) is -1.82. The molecule has 0 saturated heterocycles. The third kappa shape index (κ3) is 2.37. The zero-order chi connectivity index (χ0) is 13.3. The first-order valence-electron chi connectivity index (χ1n) is 4.57. The van der Waals surface area contributed by atoms with Crippen LogP contribution in [-0.4, -0.2) is 15.8 Å². The molecule has 0 spiro atoms. The summed E-state index contributed by atoms with van der Waals surface area (Å²) in [6, 6.07) is 1.10. The van der Waals surface area contributed by atoms with Gasteiger partial charge in [-0.15, -0.1) is 11.3 Å². The standard InChI is InChI=1S/C10H4F4N2OS/c11-6-3-15-2-1-5(6)8(17)7-4-16-9(18-7)10(12,13)14/h1-4H. The fraction of sp³-hybridized carbons (Fsp3) is 0.100. The van der Waals surface area contributed by atoms with Crippen molar-refractivity contribution in [2.24, 2.45) is 0 Å². The van der Waals surface area contributed by atoms with Gasteiger partial charge >= 0.3 is 6.18 Å². The Bertz CT molecular complexity index is 594. The van der Waals surface area contributed by atoms with Gasteiger partial charge in [0.15, 0.2) is 10.8 Å². The van der Waals surface area contributed by atoms with Crippen LogP contribution in [0.25, 0.3) is 0 Å². The van der Waals surface area contributed by atoms with Crippen LogP contribution in [0.4, 0.5) is 17.6 Å². The number of rotatable bonds is 2. The molecular weight excluding hydrogens is 272 g/mol. The first kappa shape index (κ1) is 12.6. The maximum absolute atomic E-state index is 13.2. The first-order chi connectivity index (χ1) is 8.39. The second kappa shape index (κ2) is 4.45. The number of ketones is 1. The van der Waals surface area contributed by atoms with Crippen molar-refractivity contribution in [1.82, 2.24) is 9.97 Å². The van der Waals surface area contributed by atoms with Gasteiger partial charge in [0.05, 0.1) is 16.6 Å². The third-order valence-corrected chi connectivity index (χ3v) is 3.03. The van der Waals surface area contributed by atoms with E-state index in [9.17, 15) is 22.4 Å². The number of hydrogen-bond donors (Lipinski definition) is 0. The fourth-order valence-corrected chi connectivity index (χ4v) is 1.94. The number of alkyl halides is 3. The Labute approximate surface area is 102 Å². The second-order valence-electron chi connectivity index (χ2n) is 3.21. The van der Waals surface area contributed by atoms with Crippen LogP contribution in [0.15, 0.2) is 24.7 Å². The molecule has 2 heterocycles. The number of aromatic nitrogens is 2. The summed E-state index contributed by atoms with van der Waals surface area (Å²) < 4.78 is 50.1. The number of pyridine rings is 1. The van der Waals surface area contributed by atoms with Crippen molar-refractivity contribution < 1.29 is 22.4 Å². The quantitative estimate of drug-likeness (QED) is 0.625. The van der Waals surface area contributed by atoms with E-state index >= 15 is 0 Å². The molecular formula is C10H4F4N2OS. The number of nitrogens with zero attached hydrogens (tertiary/aromatic N) is 2. The Balaban J connectivity index is 2.36. The summed E-state index contributed by atoms with van der Waals surface area (Å²) in [5.74, 6) is -1.73. The lowest BCUT2D eigenvalue weighted by Crippen LogP contribution is -2.03. The van der Waals surface area contributed by atoms with Crippen molar-refractivity contribution in [3.05, 3.63) is 45.9 Å². The van der Waals surface area contributed by atoms with E-state index in [0.717, 1.165) is 18.5 Å². The Hall–Kier alpha value is -1.83. The molecule has 0 aliphatic heterocycles. The van der Waals surface area contributed by atoms with Gasteiger partial charge in [0, 0.05) is 12.4 Å². The lowest BCUT2D eigenvalue weighted by molar-refractivity contribution is -0.137. The number of thiazole rings is 1. The molecule has 0 saturated carbocycles. The summed E-state index contributed by atoms with van der Waals surface area (Å²) in [5.41, 5.74) is -0.331. The molecule has 0 N–H and O–H groups in total. The SMILES string of the molecule is O=C(c1cnc(C(F)(F)F)s1)c1ccncc1F. The van der Waals surface area contributed by atoms with Crippen molar-refractivity contribution in [2.75, 3.05) is 0 Å². The van der Waals surface area contributed by atoms with Crippen LogP contribution in [0, 0.1) is 5.82 Å². The van der Waals surface area contributed by atoms with Crippen molar-refractivity contribution >= 4 is 17.1 Å². The molecule has 0 radical (unpaired) electrons. The number of carbonyl (C=O) groups excluding carboxylic acids is 1. The van der Waals surface area contributed by atoms with E-state index in [0.29, 0.717) is 0 Å². The molecule has 0 aliphatic carbocycles. The van der Waals surface area contributed by atoms with E-state index in [1.165, 1.54) is 6.20 Å². The van der Waals surface area contributed by atoms with Crippen molar-refractivity contribution in [1.29, 1.82) is 0 Å². The Kier molecular flexibility index (Phi) is 3.12. The van der Waals surface area contributed by atoms with E-state index < -0.39 is 22.8 Å². The average Bonchev–Trinajstić information content (AvgIpc) is 2.77. The van der Waals surface area contributed by atoms with Crippen molar-refractivity contribution in [3.63, 3.8) is 0 Å². The average molecular weight is 276 g/mol. The number of halogens is 4. The maximum Gasteiger partial charge on any atom is 0.443 e. The molecule has 94 valence electrons. The highest BCUT2D eigenvalue weighted by atomic mass is 32.1. The normalized spacial score (nSPS) is 11.6. The van der Waals surface area contributed by atoms with Gasteiger partial charge < -0.3 is 0 Å². The van der Waals surface area contributed by atoms with Crippen LogP contribution in [-0.2, 0) is 6.18 Å². The minimum atomic E-state index is -4.61. The van der Waals surface area contributed by atoms with Crippen molar-refractivity contribution in [2.45, 2.75) is 6.18 Å². The molecule has 0 fully saturated rings. The monoisotopic (exact) mass is 276 g/mol. The van der Waals surface area contributed by atoms with Gasteiger partial charge in [0.1, 0.15) is 0 Å². The molecule has 0 bridgehead atoms. The fourth-order valence-electron chi connectivity index (χ4n) is 1.20. The molecule has 0 aromatic carbocycles. The van der Waals surface area contributed by atoms with Gasteiger partial charge in [-0.3, -0.25) is 9.78 Å². The predicted molar refractivity (Wildman–Crippen MR) is 54.7 cm³/mol. The van der Waals surface area contributed by atoms with Crippen LogP contribution in [0.3, 0.4) is 0 Å². The van der Waals surface area contributed by atoms with Crippen LogP contribution >= 0.6 is 11.3 Å². The molecule has 2 aromatic heterocycles. The molecule has 18 heavy (non-hydrogen) atoms. The molecule has 8 heteroatoms. The van der Waals surface area contributed by atoms with Gasteiger partial charge in [-0.2, -0.15) is 13.2 Å². The molecule has 0 aliphatic rings. The van der Waals surface area contributed by atoms with E-state index in [1.807, 2.05) is 0 Å². The summed E-state index contributed by atoms with van der Waals surface area (Å²) in [5, 5.41) is -1.14. The molecule has 2 aromatic rings. The third-order valence-electron chi connectivity index (χ3n) is 1.99. The van der Waals surface area contributed by atoms with E-state index in [1.54, 1.807) is 0 Å². The van der Waals surface area contributed by atoms with E-state index in [4.69, 9.17) is 0 Å². The highest BCUT2D eigenvalue weighted by Crippen LogP contribution is 2.33. The minimum Gasteiger partial charge on any atom is -0.288 e. The summed E-state index contributed by atoms with van der Waals surface area (Å²) in [7, 11) is 0. The predicted octanol–water partition coefficient (Wildman–Crippen LogP) is 2.93. The molecule has 3 nitrogen and oxygen atoms in total. The van der Waals surface area contributed by atoms with Crippen molar-refractivity contribution in [3.8, 4) is 0 Å². The van der Waals surface area contributed by atoms with E-state index in [2.05, 4.69) is 9.97 Å². The molecule has 0 unspecified atom stereocenters. The molecule has 0 amide bonds. The topological polar surface area (TPSA) is 42.9 Å². The Morgan fingerprint density at radius 1 is 1.28 bits per heavy atom. The van der Waals surface area contributed by atoms with Gasteiger partial charge in [0.2, 0.25) is 5.78 Å². The largest absolute Gasteiger partial charge is 0.443 e. The zero-order valence-electron chi connectivity index (χ0n) is 8.53. The highest BCUT2D eigenvalue weighted by molar-refractivity contribution is 7.13. The summed E-state index contributed by atoms with van der Waals surface area (Å²) >= 11 is 0.179. The Morgan fingerprint density at radius 3 is 2.56 bits per heavy atom. The molecule has 2 rings (SSSR count). The van der Waals surface area contributed by atoms with E-state index in [-0.39, 0.29) is 21.8 Å². The summed E-state index contributed by atoms with van der Waals surface area (Å²) in [4.78, 5) is 18.0. The van der Waals surface area contributed by atoms with Gasteiger partial charge in [-0.1, -0.05) is 0 Å². The number of hydrogen-bond acceptors (Lipinski definition) is 4. The highest BCUT2D eigenvalue weighted by Gasteiger charge is 2.35. The van der Waals surface area contributed by atoms with Crippen LogP contribution in [0.2, 0.25) is 0 Å². The lowest BCUT2D eigenvalue weighted by atomic mass is 10.1. The van der Waals surface area contributed by atoms with Gasteiger partial charge in [-0.05, 0) is 6.07 Å². The second-order valence-corrected chi connectivity index (χ2v) is 4.24. The van der Waals surface area contributed by atoms with Gasteiger partial charge in [-0.25, -0.2) is 9.37 Å². The smallest absolute Gasteiger partial charge is 0.288 e. The minimum absolute atomic E-state index is 0.179. The lowest BCUT2D eigenvalue weighted by Gasteiger charge is -2.00. The Morgan fingerprint density at radius 2 is 2.00 bits per heavy atom. The summed E-state index contributed by atoms with van der Waals surface area (Å²) in [6.45, 7) is 0. The van der Waals surface area contributed by atoms with Crippen LogP contribution in [0.5, 0.6) is 0 Å². The number of carbonyl (C=O) groups is 1. The molecule has 0 atom stereocenters. The van der Waals surface area contributed by atoms with Gasteiger partial charge in [0.25, 0.3) is 0 Å². The zero-order valence-corrected chi connectivity index (χ0v) is 9.35. The van der Waals surface area contributed by atoms with Crippen LogP contribution < -0.4 is 0 Å².